The lowest BCUT2D eigenvalue weighted by molar-refractivity contribution is -0.133. The van der Waals surface area contributed by atoms with Gasteiger partial charge in [0.25, 0.3) is 0 Å². The third-order valence-corrected chi connectivity index (χ3v) is 3.07. The molecule has 0 unspecified atom stereocenters. The Kier molecular flexibility index (Phi) is 6.88. The third kappa shape index (κ3) is 4.47. The van der Waals surface area contributed by atoms with Gasteiger partial charge in [0.05, 0.1) is 30.0 Å². The Hall–Kier alpha value is -2.05. The molecule has 0 spiro atoms. The summed E-state index contributed by atoms with van der Waals surface area (Å²) >= 11 is 6.29. The van der Waals surface area contributed by atoms with Gasteiger partial charge in [-0.3, -0.25) is 4.79 Å². The molecule has 0 aliphatic rings. The molecule has 6 nitrogen and oxygen atoms in total. The summed E-state index contributed by atoms with van der Waals surface area (Å²) < 4.78 is 15.0. The Bertz CT molecular complexity index is 586. The van der Waals surface area contributed by atoms with Gasteiger partial charge in [-0.25, -0.2) is 4.79 Å². The summed E-state index contributed by atoms with van der Waals surface area (Å²) in [7, 11) is 2.79. The maximum atomic E-state index is 11.7. The van der Waals surface area contributed by atoms with Crippen LogP contribution < -0.4 is 10.1 Å². The summed E-state index contributed by atoms with van der Waals surface area (Å²) in [6.07, 6.45) is 0. The Morgan fingerprint density at radius 3 is 2.50 bits per heavy atom. The largest absolute Gasteiger partial charge is 0.490 e. The van der Waals surface area contributed by atoms with Crippen molar-refractivity contribution in [1.82, 2.24) is 0 Å². The summed E-state index contributed by atoms with van der Waals surface area (Å²) in [6.45, 7) is 5.70. The molecule has 22 heavy (non-hydrogen) atoms. The zero-order valence-electron chi connectivity index (χ0n) is 12.7. The number of benzene rings is 1. The predicted molar refractivity (Wildman–Crippen MR) is 84.2 cm³/mol. The Labute approximate surface area is 134 Å². The zero-order valence-corrected chi connectivity index (χ0v) is 13.5. The van der Waals surface area contributed by atoms with Gasteiger partial charge in [-0.1, -0.05) is 18.2 Å². The lowest BCUT2D eigenvalue weighted by Crippen LogP contribution is -2.12. The number of carbonyl (C=O) groups excluding carboxylic acids is 2. The fourth-order valence-corrected chi connectivity index (χ4v) is 2.05. The number of anilines is 1. The van der Waals surface area contributed by atoms with E-state index in [-0.39, 0.29) is 22.1 Å². The summed E-state index contributed by atoms with van der Waals surface area (Å²) in [5.41, 5.74) is 0.638. The smallest absolute Gasteiger partial charge is 0.337 e. The van der Waals surface area contributed by atoms with E-state index in [0.29, 0.717) is 24.7 Å². The first-order valence-corrected chi connectivity index (χ1v) is 6.79. The van der Waals surface area contributed by atoms with Gasteiger partial charge in [0.15, 0.2) is 0 Å². The number of hydrogen-bond donors (Lipinski definition) is 1. The monoisotopic (exact) mass is 327 g/mol. The average molecular weight is 328 g/mol. The van der Waals surface area contributed by atoms with E-state index in [1.807, 2.05) is 0 Å². The first-order chi connectivity index (χ1) is 10.4. The number of methoxy groups -OCH3 is 2. The molecule has 1 aromatic rings. The van der Waals surface area contributed by atoms with Crippen LogP contribution in [0.25, 0.3) is 5.57 Å². The topological polar surface area (TPSA) is 73.9 Å². The average Bonchev–Trinajstić information content (AvgIpc) is 2.48. The van der Waals surface area contributed by atoms with E-state index in [0.717, 1.165) is 0 Å². The van der Waals surface area contributed by atoms with Crippen molar-refractivity contribution in [2.75, 3.05) is 32.8 Å². The van der Waals surface area contributed by atoms with E-state index < -0.39 is 5.97 Å². The van der Waals surface area contributed by atoms with Crippen LogP contribution in [0.3, 0.4) is 0 Å². The van der Waals surface area contributed by atoms with Crippen LogP contribution in [0.15, 0.2) is 18.7 Å². The molecule has 1 rings (SSSR count). The minimum Gasteiger partial charge on any atom is -0.490 e. The summed E-state index contributed by atoms with van der Waals surface area (Å²) in [4.78, 5) is 23.0. The van der Waals surface area contributed by atoms with Crippen molar-refractivity contribution in [3.05, 3.63) is 29.3 Å². The maximum absolute atomic E-state index is 11.7. The van der Waals surface area contributed by atoms with Crippen molar-refractivity contribution in [2.24, 2.45) is 0 Å². The molecule has 1 aromatic carbocycles. The van der Waals surface area contributed by atoms with Crippen LogP contribution in [0.1, 0.15) is 12.5 Å². The van der Waals surface area contributed by atoms with E-state index in [1.165, 1.54) is 14.0 Å². The van der Waals surface area contributed by atoms with Crippen molar-refractivity contribution in [3.8, 4) is 5.75 Å². The summed E-state index contributed by atoms with van der Waals surface area (Å²) in [5.74, 6) is -0.599. The second-order valence-electron chi connectivity index (χ2n) is 4.29. The standard InChI is InChI=1S/C15H18ClNO5/c1-9(15(19)21-4)13-11(17-10(2)18)5-6-12(14(13)16)22-8-7-20-3/h5-6H,1,7-8H2,2-4H3,(H,17,18). The first kappa shape index (κ1) is 18.0. The van der Waals surface area contributed by atoms with E-state index in [9.17, 15) is 9.59 Å². The van der Waals surface area contributed by atoms with E-state index in [2.05, 4.69) is 16.6 Å². The van der Waals surface area contributed by atoms with E-state index in [4.69, 9.17) is 21.1 Å². The van der Waals surface area contributed by atoms with Crippen LogP contribution in [-0.2, 0) is 19.1 Å². The third-order valence-electron chi connectivity index (χ3n) is 2.70. The minimum absolute atomic E-state index is 0.0217. The molecule has 7 heteroatoms. The molecule has 0 radical (unpaired) electrons. The predicted octanol–water partition coefficient (Wildman–Crippen LogP) is 2.51. The molecule has 0 saturated heterocycles. The van der Waals surface area contributed by atoms with E-state index in [1.54, 1.807) is 19.2 Å². The van der Waals surface area contributed by atoms with Crippen LogP contribution in [0, 0.1) is 0 Å². The molecular weight excluding hydrogens is 310 g/mol. The molecule has 0 heterocycles. The highest BCUT2D eigenvalue weighted by Gasteiger charge is 2.21. The Morgan fingerprint density at radius 1 is 1.27 bits per heavy atom. The van der Waals surface area contributed by atoms with Crippen LogP contribution in [0.5, 0.6) is 5.75 Å². The second kappa shape index (κ2) is 8.41. The van der Waals surface area contributed by atoms with Crippen LogP contribution in [0.2, 0.25) is 5.02 Å². The van der Waals surface area contributed by atoms with Crippen molar-refractivity contribution in [3.63, 3.8) is 0 Å². The number of carbonyl (C=O) groups is 2. The van der Waals surface area contributed by atoms with Gasteiger partial charge in [0, 0.05) is 19.6 Å². The highest BCUT2D eigenvalue weighted by molar-refractivity contribution is 6.36. The minimum atomic E-state index is -0.650. The van der Waals surface area contributed by atoms with E-state index >= 15 is 0 Å². The van der Waals surface area contributed by atoms with Crippen molar-refractivity contribution >= 4 is 34.7 Å². The molecule has 0 aliphatic heterocycles. The molecule has 0 fully saturated rings. The van der Waals surface area contributed by atoms with Crippen molar-refractivity contribution in [1.29, 1.82) is 0 Å². The first-order valence-electron chi connectivity index (χ1n) is 6.41. The van der Waals surface area contributed by atoms with Gasteiger partial charge in [0.1, 0.15) is 12.4 Å². The lowest BCUT2D eigenvalue weighted by atomic mass is 10.0. The number of amides is 1. The molecule has 120 valence electrons. The van der Waals surface area contributed by atoms with Crippen LogP contribution in [0.4, 0.5) is 5.69 Å². The van der Waals surface area contributed by atoms with Gasteiger partial charge in [0.2, 0.25) is 5.91 Å². The highest BCUT2D eigenvalue weighted by Crippen LogP contribution is 2.38. The highest BCUT2D eigenvalue weighted by atomic mass is 35.5. The summed E-state index contributed by atoms with van der Waals surface area (Å²) in [6, 6.07) is 3.18. The van der Waals surface area contributed by atoms with Crippen molar-refractivity contribution < 1.29 is 23.8 Å². The number of esters is 1. The van der Waals surface area contributed by atoms with Crippen LogP contribution in [-0.4, -0.2) is 39.3 Å². The molecule has 1 amide bonds. The fourth-order valence-electron chi connectivity index (χ4n) is 1.72. The fraction of sp³-hybridized carbons (Fsp3) is 0.333. The number of nitrogens with one attached hydrogen (secondary N) is 1. The molecule has 0 aliphatic carbocycles. The maximum Gasteiger partial charge on any atom is 0.337 e. The summed E-state index contributed by atoms with van der Waals surface area (Å²) in [5, 5.41) is 2.76. The number of halogens is 1. The molecule has 0 bridgehead atoms. The molecule has 0 atom stereocenters. The van der Waals surface area contributed by atoms with Crippen LogP contribution >= 0.6 is 11.6 Å². The van der Waals surface area contributed by atoms with Gasteiger partial charge in [-0.05, 0) is 12.1 Å². The molecule has 0 saturated carbocycles. The quantitative estimate of drug-likeness (QED) is 0.473. The molecule has 0 aromatic heterocycles. The van der Waals surface area contributed by atoms with Crippen molar-refractivity contribution in [2.45, 2.75) is 6.92 Å². The number of hydrogen-bond acceptors (Lipinski definition) is 5. The van der Waals surface area contributed by atoms with Gasteiger partial charge >= 0.3 is 5.97 Å². The number of ether oxygens (including phenoxy) is 3. The lowest BCUT2D eigenvalue weighted by Gasteiger charge is -2.16. The zero-order chi connectivity index (χ0) is 16.7. The number of rotatable bonds is 7. The SMILES string of the molecule is C=C(C(=O)OC)c1c(NC(C)=O)ccc(OCCOC)c1Cl. The van der Waals surface area contributed by atoms with Gasteiger partial charge < -0.3 is 19.5 Å². The van der Waals surface area contributed by atoms with Gasteiger partial charge in [-0.15, -0.1) is 0 Å². The Balaban J connectivity index is 3.25. The second-order valence-corrected chi connectivity index (χ2v) is 4.67. The molecular formula is C15H18ClNO5. The van der Waals surface area contributed by atoms with Gasteiger partial charge in [-0.2, -0.15) is 0 Å². The molecule has 1 N–H and O–H groups in total. The normalized spacial score (nSPS) is 10.0. The Morgan fingerprint density at radius 2 is 1.95 bits per heavy atom.